The van der Waals surface area contributed by atoms with Gasteiger partial charge in [-0.05, 0) is 52.2 Å². The standard InChI is InChI=1S/C20H29N5O3/c1-14-12-25(13-15(2)28-14)19-8-7-16(10-21-19)23-20(26)22-11-17(24(3)4)18-6-5-9-27-18/h5-10,14-15,17H,11-13H2,1-4H3,(H2,22,23,26). The van der Waals surface area contributed by atoms with Crippen molar-refractivity contribution in [1.29, 1.82) is 0 Å². The number of urea groups is 1. The number of carbonyl (C=O) groups excluding carboxylic acids is 1. The van der Waals surface area contributed by atoms with E-state index in [1.165, 1.54) is 0 Å². The number of nitrogens with one attached hydrogen (secondary N) is 2. The van der Waals surface area contributed by atoms with Crippen molar-refractivity contribution in [3.8, 4) is 0 Å². The molecule has 8 nitrogen and oxygen atoms in total. The molecule has 2 aromatic heterocycles. The number of ether oxygens (including phenoxy) is 1. The number of rotatable bonds is 6. The van der Waals surface area contributed by atoms with Crippen LogP contribution < -0.4 is 15.5 Å². The van der Waals surface area contributed by atoms with Crippen LogP contribution in [0.4, 0.5) is 16.3 Å². The highest BCUT2D eigenvalue weighted by atomic mass is 16.5. The van der Waals surface area contributed by atoms with Gasteiger partial charge in [-0.1, -0.05) is 0 Å². The highest BCUT2D eigenvalue weighted by molar-refractivity contribution is 5.89. The van der Waals surface area contributed by atoms with Crippen molar-refractivity contribution in [2.24, 2.45) is 0 Å². The molecule has 3 unspecified atom stereocenters. The minimum atomic E-state index is -0.276. The van der Waals surface area contributed by atoms with Crippen LogP contribution >= 0.6 is 0 Å². The molecule has 0 radical (unpaired) electrons. The summed E-state index contributed by atoms with van der Waals surface area (Å²) in [5.41, 5.74) is 0.648. The second-order valence-electron chi connectivity index (χ2n) is 7.40. The van der Waals surface area contributed by atoms with E-state index in [-0.39, 0.29) is 24.3 Å². The Balaban J connectivity index is 1.53. The van der Waals surface area contributed by atoms with E-state index in [1.54, 1.807) is 12.5 Å². The van der Waals surface area contributed by atoms with E-state index in [2.05, 4.69) is 34.4 Å². The molecule has 3 heterocycles. The minimum absolute atomic E-state index is 0.0356. The maximum absolute atomic E-state index is 12.3. The van der Waals surface area contributed by atoms with Gasteiger partial charge >= 0.3 is 6.03 Å². The van der Waals surface area contributed by atoms with Gasteiger partial charge in [0.15, 0.2) is 0 Å². The van der Waals surface area contributed by atoms with Crippen LogP contribution in [0.5, 0.6) is 0 Å². The van der Waals surface area contributed by atoms with E-state index in [1.807, 2.05) is 43.3 Å². The molecule has 1 fully saturated rings. The van der Waals surface area contributed by atoms with Gasteiger partial charge in [-0.15, -0.1) is 0 Å². The van der Waals surface area contributed by atoms with Gasteiger partial charge in [0, 0.05) is 19.6 Å². The molecule has 0 saturated carbocycles. The number of hydrogen-bond acceptors (Lipinski definition) is 6. The van der Waals surface area contributed by atoms with Crippen molar-refractivity contribution in [1.82, 2.24) is 15.2 Å². The van der Waals surface area contributed by atoms with Gasteiger partial charge in [0.1, 0.15) is 11.6 Å². The van der Waals surface area contributed by atoms with Crippen molar-refractivity contribution in [3.05, 3.63) is 42.5 Å². The van der Waals surface area contributed by atoms with Crippen molar-refractivity contribution in [2.45, 2.75) is 32.1 Å². The molecule has 28 heavy (non-hydrogen) atoms. The van der Waals surface area contributed by atoms with Crippen LogP contribution in [0.2, 0.25) is 0 Å². The fourth-order valence-corrected chi connectivity index (χ4v) is 3.40. The van der Waals surface area contributed by atoms with E-state index in [0.717, 1.165) is 24.7 Å². The Kier molecular flexibility index (Phi) is 6.53. The third-order valence-electron chi connectivity index (χ3n) is 4.70. The van der Waals surface area contributed by atoms with Crippen LogP contribution in [0, 0.1) is 0 Å². The quantitative estimate of drug-likeness (QED) is 0.793. The summed E-state index contributed by atoms with van der Waals surface area (Å²) >= 11 is 0. The predicted molar refractivity (Wildman–Crippen MR) is 109 cm³/mol. The third kappa shape index (κ3) is 5.24. The Morgan fingerprint density at radius 1 is 1.29 bits per heavy atom. The number of likely N-dealkylation sites (N-methyl/N-ethyl adjacent to an activating group) is 1. The number of aromatic nitrogens is 1. The smallest absolute Gasteiger partial charge is 0.319 e. The zero-order valence-corrected chi connectivity index (χ0v) is 16.9. The molecule has 2 N–H and O–H groups in total. The van der Waals surface area contributed by atoms with Crippen LogP contribution in [0.25, 0.3) is 0 Å². The average Bonchev–Trinajstić information content (AvgIpc) is 3.15. The minimum Gasteiger partial charge on any atom is -0.468 e. The average molecular weight is 387 g/mol. The van der Waals surface area contributed by atoms with Crippen LogP contribution in [-0.2, 0) is 4.74 Å². The van der Waals surface area contributed by atoms with Gasteiger partial charge in [-0.25, -0.2) is 9.78 Å². The summed E-state index contributed by atoms with van der Waals surface area (Å²) in [4.78, 5) is 21.0. The fourth-order valence-electron chi connectivity index (χ4n) is 3.40. The molecular weight excluding hydrogens is 358 g/mol. The van der Waals surface area contributed by atoms with E-state index in [4.69, 9.17) is 9.15 Å². The number of nitrogens with zero attached hydrogens (tertiary/aromatic N) is 3. The molecule has 1 aliphatic rings. The van der Waals surface area contributed by atoms with Gasteiger partial charge in [0.2, 0.25) is 0 Å². The van der Waals surface area contributed by atoms with E-state index in [9.17, 15) is 4.79 Å². The van der Waals surface area contributed by atoms with Crippen LogP contribution in [0.15, 0.2) is 41.1 Å². The Bertz CT molecular complexity index is 738. The monoisotopic (exact) mass is 387 g/mol. The Morgan fingerprint density at radius 2 is 2.04 bits per heavy atom. The number of furan rings is 1. The second-order valence-corrected chi connectivity index (χ2v) is 7.40. The van der Waals surface area contributed by atoms with Crippen LogP contribution in [0.3, 0.4) is 0 Å². The lowest BCUT2D eigenvalue weighted by Gasteiger charge is -2.36. The maximum Gasteiger partial charge on any atom is 0.319 e. The highest BCUT2D eigenvalue weighted by Gasteiger charge is 2.23. The lowest BCUT2D eigenvalue weighted by molar-refractivity contribution is -0.00545. The lowest BCUT2D eigenvalue weighted by Crippen LogP contribution is -2.45. The van der Waals surface area contributed by atoms with Crippen molar-refractivity contribution in [2.75, 3.05) is 43.9 Å². The van der Waals surface area contributed by atoms with Crippen LogP contribution in [0.1, 0.15) is 25.6 Å². The molecular formula is C20H29N5O3. The number of anilines is 2. The molecule has 0 bridgehead atoms. The van der Waals surface area contributed by atoms with Crippen molar-refractivity contribution >= 4 is 17.5 Å². The lowest BCUT2D eigenvalue weighted by atomic mass is 10.2. The molecule has 0 aromatic carbocycles. The van der Waals surface area contributed by atoms with Crippen LogP contribution in [-0.4, -0.2) is 61.9 Å². The summed E-state index contributed by atoms with van der Waals surface area (Å²) in [6.45, 7) is 6.17. The molecule has 0 aliphatic carbocycles. The Labute approximate surface area is 165 Å². The maximum atomic E-state index is 12.3. The highest BCUT2D eigenvalue weighted by Crippen LogP contribution is 2.20. The molecule has 0 spiro atoms. The molecule has 2 amide bonds. The summed E-state index contributed by atoms with van der Waals surface area (Å²) < 4.78 is 11.2. The zero-order valence-electron chi connectivity index (χ0n) is 16.9. The largest absolute Gasteiger partial charge is 0.468 e. The van der Waals surface area contributed by atoms with E-state index in [0.29, 0.717) is 12.2 Å². The van der Waals surface area contributed by atoms with Gasteiger partial charge in [0.05, 0.1) is 36.4 Å². The van der Waals surface area contributed by atoms with E-state index >= 15 is 0 Å². The predicted octanol–water partition coefficient (Wildman–Crippen LogP) is 2.71. The number of morpholine rings is 1. The molecule has 8 heteroatoms. The second kappa shape index (κ2) is 9.07. The molecule has 3 rings (SSSR count). The summed E-state index contributed by atoms with van der Waals surface area (Å²) in [6.07, 6.45) is 3.66. The zero-order chi connectivity index (χ0) is 20.1. The van der Waals surface area contributed by atoms with Crippen molar-refractivity contribution < 1.29 is 13.9 Å². The summed E-state index contributed by atoms with van der Waals surface area (Å²) in [5.74, 6) is 1.70. The third-order valence-corrected chi connectivity index (χ3v) is 4.70. The fraction of sp³-hybridized carbons (Fsp3) is 0.500. The normalized spacial score (nSPS) is 20.8. The van der Waals surface area contributed by atoms with Gasteiger partial charge in [-0.3, -0.25) is 4.90 Å². The SMILES string of the molecule is CC1CN(c2ccc(NC(=O)NCC(c3ccco3)N(C)C)cn2)CC(C)O1. The van der Waals surface area contributed by atoms with Crippen molar-refractivity contribution in [3.63, 3.8) is 0 Å². The number of amides is 2. The molecule has 152 valence electrons. The number of carbonyl (C=O) groups is 1. The van der Waals surface area contributed by atoms with Gasteiger partial charge in [-0.2, -0.15) is 0 Å². The first-order valence-electron chi connectivity index (χ1n) is 9.53. The first-order chi connectivity index (χ1) is 13.4. The molecule has 1 aliphatic heterocycles. The summed E-state index contributed by atoms with van der Waals surface area (Å²) in [5, 5.41) is 5.71. The number of pyridine rings is 1. The first kappa shape index (κ1) is 20.2. The summed E-state index contributed by atoms with van der Waals surface area (Å²) in [6, 6.07) is 7.22. The Hall–Kier alpha value is -2.58. The van der Waals surface area contributed by atoms with Gasteiger partial charge in [0.25, 0.3) is 0 Å². The first-order valence-corrected chi connectivity index (χ1v) is 9.53. The number of hydrogen-bond donors (Lipinski definition) is 2. The molecule has 2 aromatic rings. The summed E-state index contributed by atoms with van der Waals surface area (Å²) in [7, 11) is 3.89. The van der Waals surface area contributed by atoms with Gasteiger partial charge < -0.3 is 24.7 Å². The Morgan fingerprint density at radius 3 is 2.61 bits per heavy atom. The van der Waals surface area contributed by atoms with E-state index < -0.39 is 0 Å². The topological polar surface area (TPSA) is 82.9 Å². The molecule has 3 atom stereocenters. The molecule has 1 saturated heterocycles.